The van der Waals surface area contributed by atoms with Crippen molar-refractivity contribution in [3.05, 3.63) is 34.4 Å². The molecule has 1 aromatic carbocycles. The van der Waals surface area contributed by atoms with Crippen molar-refractivity contribution in [3.63, 3.8) is 0 Å². The average Bonchev–Trinajstić information content (AvgIpc) is 2.33. The molecule has 11 heteroatoms. The van der Waals surface area contributed by atoms with Crippen molar-refractivity contribution in [3.8, 4) is 0 Å². The summed E-state index contributed by atoms with van der Waals surface area (Å²) in [6.07, 6.45) is -16.7. The lowest BCUT2D eigenvalue weighted by molar-refractivity contribution is -0.149. The van der Waals surface area contributed by atoms with E-state index in [4.69, 9.17) is 0 Å². The van der Waals surface area contributed by atoms with Gasteiger partial charge in [0.25, 0.3) is 0 Å². The van der Waals surface area contributed by atoms with Crippen LogP contribution in [0.2, 0.25) is 0 Å². The molecule has 0 aliphatic rings. The molecule has 2 nitrogen and oxygen atoms in total. The molecule has 0 heterocycles. The quantitative estimate of drug-likeness (QED) is 0.555. The molecule has 0 aliphatic carbocycles. The molecule has 0 unspecified atom stereocenters. The van der Waals surface area contributed by atoms with Gasteiger partial charge < -0.3 is 4.74 Å². The standard InChI is InChI=1S/C11H5F9O2/c1-22-8(21)7-5(10(15,16)17)2-4(9(12,13)14)3-6(7)11(18,19)20/h2-3H,1H3. The summed E-state index contributed by atoms with van der Waals surface area (Å²) in [6, 6.07) is -1.14. The Morgan fingerprint density at radius 3 is 1.41 bits per heavy atom. The summed E-state index contributed by atoms with van der Waals surface area (Å²) in [4.78, 5) is 11.2. The van der Waals surface area contributed by atoms with Crippen LogP contribution in [0, 0.1) is 0 Å². The molecular weight excluding hydrogens is 335 g/mol. The maximum atomic E-state index is 12.7. The predicted octanol–water partition coefficient (Wildman–Crippen LogP) is 4.53. The summed E-state index contributed by atoms with van der Waals surface area (Å²) in [5.41, 5.74) is -8.95. The third kappa shape index (κ3) is 3.63. The number of carbonyl (C=O) groups excluding carboxylic acids is 1. The minimum absolute atomic E-state index is 0.500. The van der Waals surface area contributed by atoms with E-state index in [1.165, 1.54) is 0 Å². The van der Waals surface area contributed by atoms with Crippen molar-refractivity contribution in [1.82, 2.24) is 0 Å². The van der Waals surface area contributed by atoms with E-state index in [9.17, 15) is 44.3 Å². The molecule has 0 fully saturated rings. The molecule has 1 rings (SSSR count). The van der Waals surface area contributed by atoms with E-state index in [1.54, 1.807) is 0 Å². The van der Waals surface area contributed by atoms with Gasteiger partial charge in [-0.15, -0.1) is 0 Å². The molecule has 124 valence electrons. The van der Waals surface area contributed by atoms with Crippen LogP contribution in [0.25, 0.3) is 0 Å². The topological polar surface area (TPSA) is 26.3 Å². The summed E-state index contributed by atoms with van der Waals surface area (Å²) in [5, 5.41) is 0. The summed E-state index contributed by atoms with van der Waals surface area (Å²) in [6.45, 7) is 0. The molecule has 22 heavy (non-hydrogen) atoms. The minimum atomic E-state index is -5.62. The molecule has 0 amide bonds. The first-order valence-electron chi connectivity index (χ1n) is 5.17. The first-order chi connectivity index (χ1) is 9.69. The number of hydrogen-bond acceptors (Lipinski definition) is 2. The normalized spacial score (nSPS) is 13.2. The Morgan fingerprint density at radius 2 is 1.18 bits per heavy atom. The zero-order chi connectivity index (χ0) is 17.5. The minimum Gasteiger partial charge on any atom is -0.465 e. The fourth-order valence-electron chi connectivity index (χ4n) is 1.57. The largest absolute Gasteiger partial charge is 0.465 e. The second-order valence-electron chi connectivity index (χ2n) is 3.93. The smallest absolute Gasteiger partial charge is 0.417 e. The highest BCUT2D eigenvalue weighted by Gasteiger charge is 2.46. The maximum Gasteiger partial charge on any atom is 0.417 e. The number of esters is 1. The number of benzene rings is 1. The van der Waals surface area contributed by atoms with E-state index in [0.29, 0.717) is 7.11 Å². The number of halogens is 9. The molecule has 0 atom stereocenters. The molecule has 0 saturated carbocycles. The van der Waals surface area contributed by atoms with Gasteiger partial charge in [0.05, 0.1) is 29.4 Å². The van der Waals surface area contributed by atoms with Gasteiger partial charge in [-0.1, -0.05) is 0 Å². The van der Waals surface area contributed by atoms with Crippen molar-refractivity contribution in [2.75, 3.05) is 7.11 Å². The molecule has 0 N–H and O–H groups in total. The first-order valence-corrected chi connectivity index (χ1v) is 5.17. The molecule has 1 aromatic rings. The van der Waals surface area contributed by atoms with Gasteiger partial charge in [-0.25, -0.2) is 4.79 Å². The monoisotopic (exact) mass is 340 g/mol. The number of methoxy groups -OCH3 is 1. The molecule has 0 spiro atoms. The van der Waals surface area contributed by atoms with Crippen LogP contribution in [-0.2, 0) is 23.3 Å². The van der Waals surface area contributed by atoms with Crippen molar-refractivity contribution in [2.45, 2.75) is 18.5 Å². The zero-order valence-electron chi connectivity index (χ0n) is 10.4. The number of hydrogen-bond donors (Lipinski definition) is 0. The SMILES string of the molecule is COC(=O)c1c(C(F)(F)F)cc(C(F)(F)F)cc1C(F)(F)F. The number of alkyl halides is 9. The Bertz CT molecular complexity index is 546. The van der Waals surface area contributed by atoms with Crippen molar-refractivity contribution in [1.29, 1.82) is 0 Å². The third-order valence-electron chi connectivity index (χ3n) is 2.47. The van der Waals surface area contributed by atoms with Gasteiger partial charge in [-0.3, -0.25) is 0 Å². The zero-order valence-corrected chi connectivity index (χ0v) is 10.4. The summed E-state index contributed by atoms with van der Waals surface area (Å²) in [7, 11) is 0.500. The van der Waals surface area contributed by atoms with E-state index < -0.39 is 58.9 Å². The van der Waals surface area contributed by atoms with Crippen LogP contribution in [0.15, 0.2) is 12.1 Å². The van der Waals surface area contributed by atoms with Gasteiger partial charge >= 0.3 is 24.5 Å². The van der Waals surface area contributed by atoms with E-state index in [2.05, 4.69) is 4.74 Å². The van der Waals surface area contributed by atoms with E-state index >= 15 is 0 Å². The van der Waals surface area contributed by atoms with Crippen LogP contribution < -0.4 is 0 Å². The highest BCUT2D eigenvalue weighted by Crippen LogP contribution is 2.43. The van der Waals surface area contributed by atoms with E-state index in [-0.39, 0.29) is 0 Å². The lowest BCUT2D eigenvalue weighted by Gasteiger charge is -2.19. The molecule has 0 saturated heterocycles. The summed E-state index contributed by atoms with van der Waals surface area (Å²) in [5.74, 6) is -2.05. The number of ether oxygens (including phenoxy) is 1. The fourth-order valence-corrected chi connectivity index (χ4v) is 1.57. The van der Waals surface area contributed by atoms with Crippen LogP contribution in [0.1, 0.15) is 27.0 Å². The van der Waals surface area contributed by atoms with Crippen molar-refractivity contribution < 1.29 is 49.0 Å². The van der Waals surface area contributed by atoms with Gasteiger partial charge in [0, 0.05) is 0 Å². The molecule has 0 aromatic heterocycles. The van der Waals surface area contributed by atoms with Gasteiger partial charge in [-0.2, -0.15) is 39.5 Å². The van der Waals surface area contributed by atoms with Crippen LogP contribution in [0.3, 0.4) is 0 Å². The lowest BCUT2D eigenvalue weighted by Crippen LogP contribution is -2.23. The van der Waals surface area contributed by atoms with Gasteiger partial charge in [-0.05, 0) is 12.1 Å². The van der Waals surface area contributed by atoms with Crippen LogP contribution in [-0.4, -0.2) is 13.1 Å². The van der Waals surface area contributed by atoms with E-state index in [1.807, 2.05) is 0 Å². The van der Waals surface area contributed by atoms with E-state index in [0.717, 1.165) is 0 Å². The maximum absolute atomic E-state index is 12.7. The number of carbonyl (C=O) groups is 1. The molecule has 0 radical (unpaired) electrons. The molecule has 0 aliphatic heterocycles. The molecular formula is C11H5F9O2. The van der Waals surface area contributed by atoms with Gasteiger partial charge in [0.2, 0.25) is 0 Å². The van der Waals surface area contributed by atoms with Crippen molar-refractivity contribution in [2.24, 2.45) is 0 Å². The van der Waals surface area contributed by atoms with Crippen LogP contribution in [0.4, 0.5) is 39.5 Å². The third-order valence-corrected chi connectivity index (χ3v) is 2.47. The second kappa shape index (κ2) is 5.36. The first kappa shape index (κ1) is 18.1. The van der Waals surface area contributed by atoms with Crippen molar-refractivity contribution >= 4 is 5.97 Å². The Morgan fingerprint density at radius 1 is 0.818 bits per heavy atom. The average molecular weight is 340 g/mol. The van der Waals surface area contributed by atoms with Crippen LogP contribution in [0.5, 0.6) is 0 Å². The highest BCUT2D eigenvalue weighted by molar-refractivity contribution is 5.93. The Kier molecular flexibility index (Phi) is 4.41. The Hall–Kier alpha value is -1.94. The lowest BCUT2D eigenvalue weighted by atomic mass is 9.96. The Labute approximate surface area is 116 Å². The highest BCUT2D eigenvalue weighted by atomic mass is 19.4. The fraction of sp³-hybridized carbons (Fsp3) is 0.364. The summed E-state index contributed by atoms with van der Waals surface area (Å²) < 4.78 is 118. The van der Waals surface area contributed by atoms with Gasteiger partial charge in [0.15, 0.2) is 0 Å². The van der Waals surface area contributed by atoms with Gasteiger partial charge in [0.1, 0.15) is 0 Å². The predicted molar refractivity (Wildman–Crippen MR) is 52.8 cm³/mol. The summed E-state index contributed by atoms with van der Waals surface area (Å²) >= 11 is 0. The second-order valence-corrected chi connectivity index (χ2v) is 3.93. The molecule has 0 bridgehead atoms. The van der Waals surface area contributed by atoms with Crippen LogP contribution >= 0.6 is 0 Å². The number of rotatable bonds is 1. The Balaban J connectivity index is 3.90.